The third-order valence-corrected chi connectivity index (χ3v) is 4.25. The molecule has 0 fully saturated rings. The molecule has 2 rings (SSSR count). The predicted octanol–water partition coefficient (Wildman–Crippen LogP) is 4.82. The van der Waals surface area contributed by atoms with Crippen molar-refractivity contribution in [1.82, 2.24) is 4.98 Å². The Labute approximate surface area is 114 Å². The summed E-state index contributed by atoms with van der Waals surface area (Å²) in [6, 6.07) is 8.48. The highest BCUT2D eigenvalue weighted by molar-refractivity contribution is 6.21. The SMILES string of the molecule is CC(C)(C)C(Cl)CCc1cccc2cnccc12. The molecule has 0 radical (unpaired) electrons. The van der Waals surface area contributed by atoms with E-state index in [1.807, 2.05) is 12.4 Å². The van der Waals surface area contributed by atoms with E-state index in [0.29, 0.717) is 0 Å². The molecule has 1 aromatic carbocycles. The number of aryl methyl sites for hydroxylation is 1. The number of benzene rings is 1. The van der Waals surface area contributed by atoms with Crippen LogP contribution in [0.2, 0.25) is 0 Å². The average molecular weight is 262 g/mol. The van der Waals surface area contributed by atoms with Crippen molar-refractivity contribution in [2.75, 3.05) is 0 Å². The summed E-state index contributed by atoms with van der Waals surface area (Å²) in [6.45, 7) is 6.58. The van der Waals surface area contributed by atoms with Crippen LogP contribution in [0.5, 0.6) is 0 Å². The number of pyridine rings is 1. The molecule has 96 valence electrons. The first kappa shape index (κ1) is 13.4. The summed E-state index contributed by atoms with van der Waals surface area (Å²) in [6.07, 6.45) is 5.80. The zero-order chi connectivity index (χ0) is 13.2. The van der Waals surface area contributed by atoms with Crippen LogP contribution in [-0.4, -0.2) is 10.4 Å². The maximum absolute atomic E-state index is 6.45. The minimum atomic E-state index is 0.160. The molecule has 1 atom stereocenters. The predicted molar refractivity (Wildman–Crippen MR) is 79.2 cm³/mol. The minimum Gasteiger partial charge on any atom is -0.264 e. The van der Waals surface area contributed by atoms with E-state index in [-0.39, 0.29) is 10.8 Å². The van der Waals surface area contributed by atoms with Gasteiger partial charge in [-0.05, 0) is 35.3 Å². The lowest BCUT2D eigenvalue weighted by Gasteiger charge is -2.25. The third-order valence-electron chi connectivity index (χ3n) is 3.38. The highest BCUT2D eigenvalue weighted by Gasteiger charge is 2.21. The van der Waals surface area contributed by atoms with Gasteiger partial charge in [-0.2, -0.15) is 0 Å². The van der Waals surface area contributed by atoms with Crippen LogP contribution < -0.4 is 0 Å². The molecule has 1 unspecified atom stereocenters. The molecule has 0 aliphatic carbocycles. The van der Waals surface area contributed by atoms with E-state index in [4.69, 9.17) is 11.6 Å². The van der Waals surface area contributed by atoms with Gasteiger partial charge in [-0.15, -0.1) is 11.6 Å². The Morgan fingerprint density at radius 2 is 2.00 bits per heavy atom. The molecule has 1 nitrogen and oxygen atoms in total. The summed E-state index contributed by atoms with van der Waals surface area (Å²) < 4.78 is 0. The first-order valence-electron chi connectivity index (χ1n) is 6.44. The van der Waals surface area contributed by atoms with Gasteiger partial charge < -0.3 is 0 Å². The Kier molecular flexibility index (Phi) is 3.91. The first-order valence-corrected chi connectivity index (χ1v) is 6.88. The van der Waals surface area contributed by atoms with Crippen LogP contribution in [0.15, 0.2) is 36.7 Å². The zero-order valence-electron chi connectivity index (χ0n) is 11.3. The highest BCUT2D eigenvalue weighted by atomic mass is 35.5. The van der Waals surface area contributed by atoms with E-state index >= 15 is 0 Å². The maximum Gasteiger partial charge on any atom is 0.0387 e. The molecule has 18 heavy (non-hydrogen) atoms. The fourth-order valence-electron chi connectivity index (χ4n) is 2.12. The normalized spacial score (nSPS) is 13.8. The summed E-state index contributed by atoms with van der Waals surface area (Å²) in [4.78, 5) is 4.16. The number of rotatable bonds is 3. The smallest absolute Gasteiger partial charge is 0.0387 e. The van der Waals surface area contributed by atoms with Crippen molar-refractivity contribution in [3.63, 3.8) is 0 Å². The summed E-state index contributed by atoms with van der Waals surface area (Å²) in [7, 11) is 0. The van der Waals surface area contributed by atoms with Crippen LogP contribution in [0, 0.1) is 5.41 Å². The third kappa shape index (κ3) is 3.02. The van der Waals surface area contributed by atoms with Crippen molar-refractivity contribution in [3.8, 4) is 0 Å². The summed E-state index contributed by atoms with van der Waals surface area (Å²) in [5.41, 5.74) is 1.53. The van der Waals surface area contributed by atoms with E-state index in [0.717, 1.165) is 12.8 Å². The number of aromatic nitrogens is 1. The van der Waals surface area contributed by atoms with Gasteiger partial charge in [0.25, 0.3) is 0 Å². The van der Waals surface area contributed by atoms with Crippen molar-refractivity contribution in [3.05, 3.63) is 42.2 Å². The summed E-state index contributed by atoms with van der Waals surface area (Å²) in [5, 5.41) is 2.71. The largest absolute Gasteiger partial charge is 0.264 e. The Hall–Kier alpha value is -1.08. The first-order chi connectivity index (χ1) is 8.48. The molecule has 2 aromatic rings. The van der Waals surface area contributed by atoms with E-state index in [1.54, 1.807) is 0 Å². The fourth-order valence-corrected chi connectivity index (χ4v) is 2.23. The highest BCUT2D eigenvalue weighted by Crippen LogP contribution is 2.29. The van der Waals surface area contributed by atoms with Gasteiger partial charge in [0.05, 0.1) is 0 Å². The second kappa shape index (κ2) is 5.27. The zero-order valence-corrected chi connectivity index (χ0v) is 12.0. The molecule has 1 aromatic heterocycles. The molecule has 0 saturated heterocycles. The van der Waals surface area contributed by atoms with E-state index < -0.39 is 0 Å². The standard InChI is InChI=1S/C16H20ClN/c1-16(2,3)15(17)8-7-12-5-4-6-13-11-18-10-9-14(12)13/h4-6,9-11,15H,7-8H2,1-3H3. The molecule has 0 spiro atoms. The molecular formula is C16H20ClN. The van der Waals surface area contributed by atoms with E-state index in [2.05, 4.69) is 50.0 Å². The summed E-state index contributed by atoms with van der Waals surface area (Å²) >= 11 is 6.45. The minimum absolute atomic E-state index is 0.160. The van der Waals surface area contributed by atoms with Gasteiger partial charge >= 0.3 is 0 Å². The molecule has 0 aliphatic heterocycles. The van der Waals surface area contributed by atoms with Gasteiger partial charge in [0, 0.05) is 23.2 Å². The average Bonchev–Trinajstić information content (AvgIpc) is 2.34. The lowest BCUT2D eigenvalue weighted by Crippen LogP contribution is -2.21. The van der Waals surface area contributed by atoms with Crippen LogP contribution in [0.1, 0.15) is 32.8 Å². The Morgan fingerprint density at radius 3 is 2.72 bits per heavy atom. The van der Waals surface area contributed by atoms with Gasteiger partial charge in [0.15, 0.2) is 0 Å². The number of halogens is 1. The van der Waals surface area contributed by atoms with Crippen molar-refractivity contribution in [2.24, 2.45) is 5.41 Å². The molecule has 0 amide bonds. The van der Waals surface area contributed by atoms with Gasteiger partial charge in [0.1, 0.15) is 0 Å². The molecule has 0 saturated carbocycles. The van der Waals surface area contributed by atoms with E-state index in [9.17, 15) is 0 Å². The lowest BCUT2D eigenvalue weighted by atomic mass is 9.88. The molecule has 0 bridgehead atoms. The van der Waals surface area contributed by atoms with Gasteiger partial charge in [0.2, 0.25) is 0 Å². The topological polar surface area (TPSA) is 12.9 Å². The van der Waals surface area contributed by atoms with Crippen molar-refractivity contribution in [1.29, 1.82) is 0 Å². The van der Waals surface area contributed by atoms with Crippen LogP contribution in [0.3, 0.4) is 0 Å². The molecule has 0 N–H and O–H groups in total. The number of alkyl halides is 1. The van der Waals surface area contributed by atoms with Crippen LogP contribution in [-0.2, 0) is 6.42 Å². The lowest BCUT2D eigenvalue weighted by molar-refractivity contribution is 0.374. The van der Waals surface area contributed by atoms with Crippen LogP contribution in [0.4, 0.5) is 0 Å². The van der Waals surface area contributed by atoms with Gasteiger partial charge in [-0.3, -0.25) is 4.98 Å². The Balaban J connectivity index is 2.18. The van der Waals surface area contributed by atoms with Gasteiger partial charge in [-0.25, -0.2) is 0 Å². The van der Waals surface area contributed by atoms with E-state index in [1.165, 1.54) is 16.3 Å². The molecule has 1 heterocycles. The van der Waals surface area contributed by atoms with Crippen LogP contribution >= 0.6 is 11.6 Å². The Morgan fingerprint density at radius 1 is 1.22 bits per heavy atom. The van der Waals surface area contributed by atoms with Crippen LogP contribution in [0.25, 0.3) is 10.8 Å². The Bertz CT molecular complexity index is 523. The van der Waals surface area contributed by atoms with Gasteiger partial charge in [-0.1, -0.05) is 39.0 Å². The molecular weight excluding hydrogens is 242 g/mol. The number of fused-ring (bicyclic) bond motifs is 1. The fraction of sp³-hybridized carbons (Fsp3) is 0.438. The maximum atomic E-state index is 6.45. The summed E-state index contributed by atoms with van der Waals surface area (Å²) in [5.74, 6) is 0. The van der Waals surface area contributed by atoms with Crippen molar-refractivity contribution < 1.29 is 0 Å². The second-order valence-corrected chi connectivity index (χ2v) is 6.41. The second-order valence-electron chi connectivity index (χ2n) is 5.89. The van der Waals surface area contributed by atoms with Crippen molar-refractivity contribution >= 4 is 22.4 Å². The quantitative estimate of drug-likeness (QED) is 0.722. The number of nitrogens with zero attached hydrogens (tertiary/aromatic N) is 1. The molecule has 0 aliphatic rings. The number of hydrogen-bond donors (Lipinski definition) is 0. The monoisotopic (exact) mass is 261 g/mol. The van der Waals surface area contributed by atoms with Crippen molar-refractivity contribution in [2.45, 2.75) is 39.0 Å². The molecule has 2 heteroatoms. The number of hydrogen-bond acceptors (Lipinski definition) is 1.